The molecule has 2 rings (SSSR count). The number of hydrogen-bond acceptors (Lipinski definition) is 2. The second-order valence-corrected chi connectivity index (χ2v) is 6.10. The lowest BCUT2D eigenvalue weighted by Crippen LogP contribution is -2.35. The summed E-state index contributed by atoms with van der Waals surface area (Å²) in [5.41, 5.74) is 1.69. The van der Waals surface area contributed by atoms with Crippen LogP contribution in [-0.4, -0.2) is 29.1 Å². The van der Waals surface area contributed by atoms with Crippen molar-refractivity contribution in [3.05, 3.63) is 35.1 Å². The van der Waals surface area contributed by atoms with Crippen LogP contribution in [-0.2, 0) is 4.79 Å². The van der Waals surface area contributed by atoms with Gasteiger partial charge in [0, 0.05) is 12.5 Å². The first-order valence-electron chi connectivity index (χ1n) is 7.69. The molecule has 1 aromatic rings. The fourth-order valence-corrected chi connectivity index (χ4v) is 3.04. The van der Waals surface area contributed by atoms with Crippen molar-refractivity contribution in [3.8, 4) is 0 Å². The molecule has 0 bridgehead atoms. The Labute approximate surface area is 125 Å². The zero-order chi connectivity index (χ0) is 15.4. The van der Waals surface area contributed by atoms with Gasteiger partial charge < -0.3 is 5.11 Å². The van der Waals surface area contributed by atoms with Crippen LogP contribution in [0.2, 0.25) is 0 Å². The highest BCUT2D eigenvalue weighted by Crippen LogP contribution is 2.29. The first-order chi connectivity index (χ1) is 9.97. The Morgan fingerprint density at radius 2 is 2.10 bits per heavy atom. The molecule has 1 saturated heterocycles. The van der Waals surface area contributed by atoms with Gasteiger partial charge in [-0.1, -0.05) is 12.1 Å². The fourth-order valence-electron chi connectivity index (χ4n) is 3.04. The minimum Gasteiger partial charge on any atom is -0.481 e. The molecule has 0 spiro atoms. The molecule has 1 heterocycles. The molecule has 1 atom stereocenters. The van der Waals surface area contributed by atoms with Crippen molar-refractivity contribution in [1.82, 2.24) is 4.90 Å². The number of carboxylic acids is 1. The van der Waals surface area contributed by atoms with Gasteiger partial charge in [-0.15, -0.1) is 0 Å². The van der Waals surface area contributed by atoms with Gasteiger partial charge >= 0.3 is 5.97 Å². The first-order valence-corrected chi connectivity index (χ1v) is 7.69. The standard InChI is InChI=1S/C17H24FNO2/c1-12-3-5-15(11-16(12)18)13(2)19-9-7-14(8-10-19)4-6-17(20)21/h3,5,11,13-14H,4,6-10H2,1-2H3,(H,20,21). The number of hydrogen-bond donors (Lipinski definition) is 1. The number of likely N-dealkylation sites (tertiary alicyclic amines) is 1. The Kier molecular flexibility index (Phi) is 5.34. The quantitative estimate of drug-likeness (QED) is 0.898. The maximum Gasteiger partial charge on any atom is 0.303 e. The number of carboxylic acid groups (broad SMARTS) is 1. The summed E-state index contributed by atoms with van der Waals surface area (Å²) < 4.78 is 13.7. The Morgan fingerprint density at radius 3 is 2.67 bits per heavy atom. The highest BCUT2D eigenvalue weighted by Gasteiger charge is 2.24. The van der Waals surface area contributed by atoms with E-state index in [1.807, 2.05) is 12.1 Å². The van der Waals surface area contributed by atoms with Gasteiger partial charge in [0.05, 0.1) is 0 Å². The van der Waals surface area contributed by atoms with Crippen LogP contribution in [0.5, 0.6) is 0 Å². The van der Waals surface area contributed by atoms with Gasteiger partial charge in [-0.25, -0.2) is 4.39 Å². The smallest absolute Gasteiger partial charge is 0.303 e. The van der Waals surface area contributed by atoms with Gasteiger partial charge in [-0.3, -0.25) is 9.69 Å². The molecule has 1 fully saturated rings. The largest absolute Gasteiger partial charge is 0.481 e. The summed E-state index contributed by atoms with van der Waals surface area (Å²) in [5.74, 6) is -0.337. The van der Waals surface area contributed by atoms with Crippen LogP contribution in [0.3, 0.4) is 0 Å². The minimum absolute atomic E-state index is 0.143. The minimum atomic E-state index is -0.707. The predicted octanol–water partition coefficient (Wildman–Crippen LogP) is 3.77. The molecule has 0 aromatic heterocycles. The Morgan fingerprint density at radius 1 is 1.43 bits per heavy atom. The maximum atomic E-state index is 13.7. The van der Waals surface area contributed by atoms with E-state index >= 15 is 0 Å². The number of aliphatic carboxylic acids is 1. The summed E-state index contributed by atoms with van der Waals surface area (Å²) in [4.78, 5) is 13.0. The second-order valence-electron chi connectivity index (χ2n) is 6.10. The SMILES string of the molecule is Cc1ccc(C(C)N2CCC(CCC(=O)O)CC2)cc1F. The van der Waals surface area contributed by atoms with E-state index < -0.39 is 5.97 Å². The number of aryl methyl sites for hydroxylation is 1. The molecule has 4 heteroatoms. The summed E-state index contributed by atoms with van der Waals surface area (Å²) in [6, 6.07) is 5.68. The molecule has 0 amide bonds. The highest BCUT2D eigenvalue weighted by atomic mass is 19.1. The van der Waals surface area contributed by atoms with Gasteiger partial charge in [0.1, 0.15) is 5.82 Å². The number of rotatable bonds is 5. The molecule has 116 valence electrons. The Hall–Kier alpha value is -1.42. The van der Waals surface area contributed by atoms with Crippen LogP contribution in [0.25, 0.3) is 0 Å². The van der Waals surface area contributed by atoms with Crippen LogP contribution in [0.4, 0.5) is 4.39 Å². The number of nitrogens with zero attached hydrogens (tertiary/aromatic N) is 1. The molecule has 0 saturated carbocycles. The van der Waals surface area contributed by atoms with E-state index in [-0.39, 0.29) is 18.3 Å². The summed E-state index contributed by atoms with van der Waals surface area (Å²) in [5, 5.41) is 8.74. The average molecular weight is 293 g/mol. The van der Waals surface area contributed by atoms with Crippen molar-refractivity contribution < 1.29 is 14.3 Å². The van der Waals surface area contributed by atoms with E-state index in [1.165, 1.54) is 0 Å². The fraction of sp³-hybridized carbons (Fsp3) is 0.588. The summed E-state index contributed by atoms with van der Waals surface area (Å²) in [7, 11) is 0. The van der Waals surface area contributed by atoms with E-state index in [1.54, 1.807) is 13.0 Å². The van der Waals surface area contributed by atoms with E-state index in [9.17, 15) is 9.18 Å². The number of benzene rings is 1. The van der Waals surface area contributed by atoms with E-state index in [0.29, 0.717) is 11.5 Å². The van der Waals surface area contributed by atoms with Crippen LogP contribution in [0, 0.1) is 18.7 Å². The monoisotopic (exact) mass is 293 g/mol. The zero-order valence-corrected chi connectivity index (χ0v) is 12.8. The van der Waals surface area contributed by atoms with Gasteiger partial charge in [0.25, 0.3) is 0 Å². The molecular weight excluding hydrogens is 269 g/mol. The molecule has 0 radical (unpaired) electrons. The number of carbonyl (C=O) groups is 1. The van der Waals surface area contributed by atoms with E-state index in [2.05, 4.69) is 11.8 Å². The summed E-state index contributed by atoms with van der Waals surface area (Å²) in [6.45, 7) is 5.81. The van der Waals surface area contributed by atoms with Crippen LogP contribution in [0.1, 0.15) is 49.8 Å². The average Bonchev–Trinajstić information content (AvgIpc) is 2.48. The van der Waals surface area contributed by atoms with Crippen LogP contribution >= 0.6 is 0 Å². The van der Waals surface area contributed by atoms with Crippen molar-refractivity contribution in [2.24, 2.45) is 5.92 Å². The van der Waals surface area contributed by atoms with Gasteiger partial charge in [-0.2, -0.15) is 0 Å². The summed E-state index contributed by atoms with van der Waals surface area (Å²) >= 11 is 0. The molecule has 1 aliphatic rings. The number of piperidine rings is 1. The lowest BCUT2D eigenvalue weighted by molar-refractivity contribution is -0.137. The van der Waals surface area contributed by atoms with Gasteiger partial charge in [-0.05, 0) is 69.3 Å². The van der Waals surface area contributed by atoms with Crippen molar-refractivity contribution >= 4 is 5.97 Å². The van der Waals surface area contributed by atoms with E-state index in [4.69, 9.17) is 5.11 Å². The Balaban J connectivity index is 1.89. The predicted molar refractivity (Wildman–Crippen MR) is 80.7 cm³/mol. The first kappa shape index (κ1) is 16.0. The maximum absolute atomic E-state index is 13.7. The van der Waals surface area contributed by atoms with Gasteiger partial charge in [0.15, 0.2) is 0 Å². The topological polar surface area (TPSA) is 40.5 Å². The summed E-state index contributed by atoms with van der Waals surface area (Å²) in [6.07, 6.45) is 3.11. The molecule has 1 aromatic carbocycles. The number of halogens is 1. The normalized spacial score (nSPS) is 18.6. The lowest BCUT2D eigenvalue weighted by Gasteiger charge is -2.36. The van der Waals surface area contributed by atoms with Crippen molar-refractivity contribution in [1.29, 1.82) is 0 Å². The third-order valence-corrected chi connectivity index (χ3v) is 4.64. The van der Waals surface area contributed by atoms with Crippen LogP contribution < -0.4 is 0 Å². The molecule has 3 nitrogen and oxygen atoms in total. The molecular formula is C17H24FNO2. The molecule has 21 heavy (non-hydrogen) atoms. The molecule has 0 aliphatic carbocycles. The van der Waals surface area contributed by atoms with Crippen molar-refractivity contribution in [3.63, 3.8) is 0 Å². The third kappa shape index (κ3) is 4.27. The molecule has 1 unspecified atom stereocenters. The molecule has 1 aliphatic heterocycles. The Bertz CT molecular complexity index is 496. The lowest BCUT2D eigenvalue weighted by atomic mass is 9.91. The van der Waals surface area contributed by atoms with Gasteiger partial charge in [0.2, 0.25) is 0 Å². The zero-order valence-electron chi connectivity index (χ0n) is 12.8. The van der Waals surface area contributed by atoms with Crippen molar-refractivity contribution in [2.75, 3.05) is 13.1 Å². The van der Waals surface area contributed by atoms with Crippen molar-refractivity contribution in [2.45, 2.75) is 45.6 Å². The van der Waals surface area contributed by atoms with E-state index in [0.717, 1.165) is 37.9 Å². The molecule has 1 N–H and O–H groups in total. The van der Waals surface area contributed by atoms with Crippen LogP contribution in [0.15, 0.2) is 18.2 Å². The highest BCUT2D eigenvalue weighted by molar-refractivity contribution is 5.66. The second kappa shape index (κ2) is 7.03. The third-order valence-electron chi connectivity index (χ3n) is 4.64.